The van der Waals surface area contributed by atoms with Gasteiger partial charge >= 0.3 is 0 Å². The van der Waals surface area contributed by atoms with E-state index in [1.165, 1.54) is 6.92 Å². The Hall–Kier alpha value is -4.91. The lowest BCUT2D eigenvalue weighted by Gasteiger charge is -2.14. The van der Waals surface area contributed by atoms with Gasteiger partial charge in [0.15, 0.2) is 12.0 Å². The van der Waals surface area contributed by atoms with Crippen molar-refractivity contribution in [1.29, 1.82) is 0 Å². The molecular formula is C39H58N5O2+. The summed E-state index contributed by atoms with van der Waals surface area (Å²) in [5, 5.41) is 7.42. The molecule has 1 amide bonds. The zero-order valence-electron chi connectivity index (χ0n) is 30.3. The van der Waals surface area contributed by atoms with E-state index in [1.807, 2.05) is 118 Å². The van der Waals surface area contributed by atoms with Crippen molar-refractivity contribution in [3.63, 3.8) is 0 Å². The van der Waals surface area contributed by atoms with Gasteiger partial charge in [-0.3, -0.25) is 9.59 Å². The van der Waals surface area contributed by atoms with E-state index in [4.69, 9.17) is 0 Å². The molecule has 0 aliphatic rings. The topological polar surface area (TPSA) is 78.8 Å². The van der Waals surface area contributed by atoms with Crippen molar-refractivity contribution in [2.24, 2.45) is 0 Å². The van der Waals surface area contributed by atoms with Gasteiger partial charge in [0, 0.05) is 74.2 Å². The molecule has 3 N–H and O–H groups in total. The van der Waals surface area contributed by atoms with Crippen LogP contribution in [0.4, 0.5) is 22.7 Å². The van der Waals surface area contributed by atoms with Crippen LogP contribution in [0.3, 0.4) is 0 Å². The zero-order valence-corrected chi connectivity index (χ0v) is 30.3. The number of anilines is 4. The molecule has 1 heterocycles. The van der Waals surface area contributed by atoms with Gasteiger partial charge in [-0.1, -0.05) is 60.3 Å². The maximum Gasteiger partial charge on any atom is 0.255 e. The van der Waals surface area contributed by atoms with Gasteiger partial charge in [-0.15, -0.1) is 13.2 Å². The van der Waals surface area contributed by atoms with Crippen molar-refractivity contribution < 1.29 is 14.6 Å². The van der Waals surface area contributed by atoms with E-state index in [-0.39, 0.29) is 11.7 Å². The lowest BCUT2D eigenvalue weighted by Crippen LogP contribution is -2.12. The molecule has 4 rings (SSSR count). The first-order valence-corrected chi connectivity index (χ1v) is 15.8. The summed E-state index contributed by atoms with van der Waals surface area (Å²) in [6, 6.07) is 22.5. The summed E-state index contributed by atoms with van der Waals surface area (Å²) >= 11 is 0. The van der Waals surface area contributed by atoms with Crippen LogP contribution < -0.4 is 20.5 Å². The fraction of sp³-hybridized carbons (Fsp3) is 0.308. The standard InChI is InChI=1S/C26H24N4O2.C5H11N.3C2H6.C2H4/c1-17(31)18-5-4-6-19(15-18)26(32)29-21-9-7-20(8-10-21)28-25-13-14-27-24-12-11-22(30(2)3)16-23(24)25;1-5(2)6(3)4;4*1-2/h4-16H,1-3H3,(H,27,28)(H,29,32);1H2,2-4H3;3*1-2H3;1-2H2/p+1. The highest BCUT2D eigenvalue weighted by molar-refractivity contribution is 6.06. The van der Waals surface area contributed by atoms with E-state index >= 15 is 0 Å². The van der Waals surface area contributed by atoms with Crippen molar-refractivity contribution in [3.8, 4) is 0 Å². The second-order valence-electron chi connectivity index (χ2n) is 9.44. The first-order valence-electron chi connectivity index (χ1n) is 15.8. The molecule has 4 aromatic rings. The quantitative estimate of drug-likeness (QED) is 0.157. The van der Waals surface area contributed by atoms with E-state index in [0.29, 0.717) is 16.8 Å². The number of carbonyl (C=O) groups excluding carboxylic acids is 2. The Balaban J connectivity index is 0. The number of pyridine rings is 1. The second kappa shape index (κ2) is 24.4. The molecule has 7 nitrogen and oxygen atoms in total. The summed E-state index contributed by atoms with van der Waals surface area (Å²) in [7, 11) is 7.99. The Morgan fingerprint density at radius 2 is 1.24 bits per heavy atom. The average molecular weight is 629 g/mol. The number of nitrogens with zero attached hydrogens (tertiary/aromatic N) is 2. The number of carbonyl (C=O) groups is 2. The molecule has 0 atom stereocenters. The van der Waals surface area contributed by atoms with Crippen LogP contribution in [0.25, 0.3) is 10.9 Å². The minimum absolute atomic E-state index is 0.0705. The highest BCUT2D eigenvalue weighted by Crippen LogP contribution is 2.28. The van der Waals surface area contributed by atoms with Gasteiger partial charge in [0.1, 0.15) is 0 Å². The van der Waals surface area contributed by atoms with Crippen LogP contribution in [0.1, 0.15) is 76.1 Å². The number of aromatic nitrogens is 1. The summed E-state index contributed by atoms with van der Waals surface area (Å²) in [5.74, 6) is -0.326. The summed E-state index contributed by atoms with van der Waals surface area (Å²) in [6.07, 6.45) is 1.91. The second-order valence-corrected chi connectivity index (χ2v) is 9.44. The largest absolute Gasteiger partial charge is 0.382 e. The van der Waals surface area contributed by atoms with Crippen LogP contribution >= 0.6 is 0 Å². The number of hydrogen-bond donors (Lipinski definition) is 2. The van der Waals surface area contributed by atoms with Crippen molar-refractivity contribution in [1.82, 2.24) is 4.90 Å². The lowest BCUT2D eigenvalue weighted by atomic mass is 10.1. The third kappa shape index (κ3) is 14.7. The van der Waals surface area contributed by atoms with E-state index in [2.05, 4.69) is 58.5 Å². The number of fused-ring (bicyclic) bond motifs is 1. The van der Waals surface area contributed by atoms with Gasteiger partial charge in [-0.25, -0.2) is 4.98 Å². The lowest BCUT2D eigenvalue weighted by molar-refractivity contribution is -0.344. The normalized spacial score (nSPS) is 8.87. The first kappa shape index (κ1) is 43.2. The Morgan fingerprint density at radius 1 is 0.717 bits per heavy atom. The van der Waals surface area contributed by atoms with Crippen LogP contribution in [0, 0.1) is 0 Å². The van der Waals surface area contributed by atoms with Crippen LogP contribution in [-0.4, -0.2) is 44.8 Å². The molecule has 0 aliphatic heterocycles. The average Bonchev–Trinajstić information content (AvgIpc) is 3.09. The monoisotopic (exact) mass is 628 g/mol. The molecule has 1 aromatic heterocycles. The fourth-order valence-corrected chi connectivity index (χ4v) is 3.45. The maximum absolute atomic E-state index is 12.6. The number of nitrogens with one attached hydrogen (secondary N) is 3. The molecule has 0 spiro atoms. The molecule has 0 unspecified atom stereocenters. The molecule has 0 saturated heterocycles. The molecule has 0 aliphatic carbocycles. The van der Waals surface area contributed by atoms with Crippen molar-refractivity contribution >= 4 is 45.3 Å². The summed E-state index contributed by atoms with van der Waals surface area (Å²) in [4.78, 5) is 31.4. The summed E-state index contributed by atoms with van der Waals surface area (Å²) in [5.41, 5.74) is 6.78. The minimum atomic E-state index is -0.255. The van der Waals surface area contributed by atoms with Gasteiger partial charge in [-0.05, 0) is 62.4 Å². The number of rotatable bonds is 7. The van der Waals surface area contributed by atoms with Crippen molar-refractivity contribution in [2.45, 2.75) is 55.4 Å². The van der Waals surface area contributed by atoms with E-state index < -0.39 is 0 Å². The number of hydrogen-bond acceptors (Lipinski definition) is 5. The van der Waals surface area contributed by atoms with Crippen molar-refractivity contribution in [3.05, 3.63) is 116 Å². The van der Waals surface area contributed by atoms with Gasteiger partial charge in [0.2, 0.25) is 5.52 Å². The number of ketones is 1. The SMILES string of the molecule is C=C.C=C(C)N(C)C.CC.CC.CC.CC(=O)c1cccc(C(=O)Nc2ccc(Nc3cc[nH+]c4ccc(N(C)C)cc34)cc2)c1. The molecule has 0 saturated carbocycles. The number of amides is 1. The molecule has 0 bridgehead atoms. The smallest absolute Gasteiger partial charge is 0.255 e. The van der Waals surface area contributed by atoms with Crippen LogP contribution in [0.5, 0.6) is 0 Å². The van der Waals surface area contributed by atoms with Crippen LogP contribution in [0.2, 0.25) is 0 Å². The third-order valence-corrected chi connectivity index (χ3v) is 6.02. The van der Waals surface area contributed by atoms with Gasteiger partial charge < -0.3 is 20.4 Å². The molecule has 250 valence electrons. The van der Waals surface area contributed by atoms with Crippen LogP contribution in [-0.2, 0) is 0 Å². The molecule has 0 fully saturated rings. The Morgan fingerprint density at radius 3 is 1.74 bits per heavy atom. The predicted molar refractivity (Wildman–Crippen MR) is 203 cm³/mol. The number of allylic oxidation sites excluding steroid dienone is 1. The van der Waals surface area contributed by atoms with E-state index in [1.54, 1.807) is 24.3 Å². The maximum atomic E-state index is 12.6. The van der Waals surface area contributed by atoms with Gasteiger partial charge in [-0.2, -0.15) is 0 Å². The Labute approximate surface area is 279 Å². The fourth-order valence-electron chi connectivity index (χ4n) is 3.45. The predicted octanol–water partition coefficient (Wildman–Crippen LogP) is 9.88. The van der Waals surface area contributed by atoms with E-state index in [0.717, 1.165) is 33.7 Å². The molecule has 46 heavy (non-hydrogen) atoms. The summed E-state index contributed by atoms with van der Waals surface area (Å²) < 4.78 is 0. The molecule has 7 heteroatoms. The highest BCUT2D eigenvalue weighted by Gasteiger charge is 2.11. The van der Waals surface area contributed by atoms with Gasteiger partial charge in [0.25, 0.3) is 5.91 Å². The molecule has 0 radical (unpaired) electrons. The van der Waals surface area contributed by atoms with Crippen molar-refractivity contribution in [2.75, 3.05) is 43.7 Å². The zero-order chi connectivity index (χ0) is 35.8. The Bertz CT molecular complexity index is 1460. The summed E-state index contributed by atoms with van der Waals surface area (Å²) in [6.45, 7) is 25.1. The first-order chi connectivity index (χ1) is 22.0. The third-order valence-electron chi connectivity index (χ3n) is 6.02. The Kier molecular flexibility index (Phi) is 22.9. The number of aromatic amines is 1. The number of Topliss-reactive ketones (excluding diaryl/α,β-unsaturated/α-hetero) is 1. The van der Waals surface area contributed by atoms with Crippen LogP contribution in [0.15, 0.2) is 104 Å². The minimum Gasteiger partial charge on any atom is -0.382 e. The highest BCUT2D eigenvalue weighted by atomic mass is 16.1. The van der Waals surface area contributed by atoms with Gasteiger partial charge in [0.05, 0.1) is 11.1 Å². The molecule has 3 aromatic carbocycles. The molecular weight excluding hydrogens is 570 g/mol. The van der Waals surface area contributed by atoms with E-state index in [9.17, 15) is 9.59 Å². The number of benzene rings is 3. The number of H-pyrrole nitrogens is 1.